The molecule has 0 spiro atoms. The molecule has 0 amide bonds. The summed E-state index contributed by atoms with van der Waals surface area (Å²) in [7, 11) is -3.56. The van der Waals surface area contributed by atoms with Crippen LogP contribution in [0.2, 0.25) is 0 Å². The zero-order valence-corrected chi connectivity index (χ0v) is 19.6. The minimum Gasteiger partial charge on any atom is -0.385 e. The molecular formula is C28H23O3PS. The van der Waals surface area contributed by atoms with Crippen molar-refractivity contribution in [3.63, 3.8) is 0 Å². The summed E-state index contributed by atoms with van der Waals surface area (Å²) in [6.45, 7) is 0. The number of hydrogen-bond donors (Lipinski definition) is 1. The second kappa shape index (κ2) is 8.72. The van der Waals surface area contributed by atoms with Gasteiger partial charge in [-0.15, -0.1) is 11.3 Å². The van der Waals surface area contributed by atoms with Crippen molar-refractivity contribution in [2.75, 3.05) is 0 Å². The Balaban J connectivity index is 1.91. The van der Waals surface area contributed by atoms with Gasteiger partial charge in [0.1, 0.15) is 0 Å². The Morgan fingerprint density at radius 3 is 1.73 bits per heavy atom. The molecule has 0 unspecified atom stereocenters. The van der Waals surface area contributed by atoms with Gasteiger partial charge in [-0.25, -0.2) is 0 Å². The van der Waals surface area contributed by atoms with Crippen molar-refractivity contribution in [2.24, 2.45) is 0 Å². The molecule has 3 nitrogen and oxygen atoms in total. The number of carbonyl (C=O) groups excluding carboxylic acids is 1. The van der Waals surface area contributed by atoms with Crippen molar-refractivity contribution in [1.82, 2.24) is 0 Å². The first-order chi connectivity index (χ1) is 16.0. The van der Waals surface area contributed by atoms with Gasteiger partial charge in [0.05, 0.1) is 10.5 Å². The van der Waals surface area contributed by atoms with E-state index in [-0.39, 0.29) is 5.78 Å². The van der Waals surface area contributed by atoms with Gasteiger partial charge in [0, 0.05) is 21.5 Å². The van der Waals surface area contributed by atoms with E-state index in [1.165, 1.54) is 11.3 Å². The second-order valence-electron chi connectivity index (χ2n) is 8.21. The van der Waals surface area contributed by atoms with Crippen molar-refractivity contribution < 1.29 is 14.5 Å². The van der Waals surface area contributed by atoms with Crippen molar-refractivity contribution in [3.8, 4) is 0 Å². The average Bonchev–Trinajstić information content (AvgIpc) is 3.37. The summed E-state index contributed by atoms with van der Waals surface area (Å²) in [6.07, 6.45) is 0.945. The SMILES string of the molecule is O=C(/C(=C(/C1(O)CC1)P(=O)(c1ccccc1)c1ccccc1)c1ccccc1)c1cccs1. The Morgan fingerprint density at radius 1 is 0.758 bits per heavy atom. The molecule has 0 aliphatic heterocycles. The number of hydrogen-bond acceptors (Lipinski definition) is 4. The fourth-order valence-electron chi connectivity index (χ4n) is 4.23. The number of ketones is 1. The Kier molecular flexibility index (Phi) is 5.76. The Hall–Kier alpha value is -3.04. The van der Waals surface area contributed by atoms with Crippen LogP contribution in [0.15, 0.2) is 114 Å². The van der Waals surface area contributed by atoms with Gasteiger partial charge >= 0.3 is 0 Å². The molecule has 0 atom stereocenters. The number of allylic oxidation sites excluding steroid dienone is 1. The van der Waals surface area contributed by atoms with E-state index < -0.39 is 12.7 Å². The molecule has 0 bridgehead atoms. The first-order valence-corrected chi connectivity index (χ1v) is 13.5. The summed E-state index contributed by atoms with van der Waals surface area (Å²) < 4.78 is 15.3. The lowest BCUT2D eigenvalue weighted by molar-refractivity contribution is 0.105. The third-order valence-electron chi connectivity index (χ3n) is 5.99. The zero-order valence-electron chi connectivity index (χ0n) is 17.9. The monoisotopic (exact) mass is 470 g/mol. The van der Waals surface area contributed by atoms with Crippen molar-refractivity contribution in [1.29, 1.82) is 0 Å². The quantitative estimate of drug-likeness (QED) is 0.208. The number of benzene rings is 3. The average molecular weight is 471 g/mol. The van der Waals surface area contributed by atoms with Crippen LogP contribution in [-0.4, -0.2) is 16.5 Å². The summed E-state index contributed by atoms with van der Waals surface area (Å²) in [4.78, 5) is 14.5. The fraction of sp³-hybridized carbons (Fsp3) is 0.107. The summed E-state index contributed by atoms with van der Waals surface area (Å²) in [5.41, 5.74) is -0.286. The van der Waals surface area contributed by atoms with Crippen molar-refractivity contribution in [2.45, 2.75) is 18.4 Å². The van der Waals surface area contributed by atoms with Crippen LogP contribution in [0.5, 0.6) is 0 Å². The molecule has 4 aromatic rings. The highest BCUT2D eigenvalue weighted by atomic mass is 32.1. The Labute approximate surface area is 197 Å². The standard InChI is InChI=1S/C28H23O3PS/c29-26(24-17-10-20-33-24)25(21-11-4-1-5-12-21)27(28(30)18-19-28)32(31,22-13-6-2-7-14-22)23-15-8-3-9-16-23/h1-17,20,30H,18-19H2/b27-25-. The maximum absolute atomic E-state index is 15.3. The molecule has 1 fully saturated rings. The second-order valence-corrected chi connectivity index (χ2v) is 11.9. The molecule has 1 N–H and O–H groups in total. The van der Waals surface area contributed by atoms with Gasteiger partial charge in [0.2, 0.25) is 5.78 Å². The molecule has 1 saturated carbocycles. The van der Waals surface area contributed by atoms with E-state index in [9.17, 15) is 9.90 Å². The van der Waals surface area contributed by atoms with Crippen LogP contribution >= 0.6 is 18.5 Å². The summed E-state index contributed by atoms with van der Waals surface area (Å²) in [6, 6.07) is 31.4. The number of thiophene rings is 1. The van der Waals surface area contributed by atoms with Gasteiger partial charge in [-0.3, -0.25) is 4.79 Å². The lowest BCUT2D eigenvalue weighted by Crippen LogP contribution is -2.27. The smallest absolute Gasteiger partial charge is 0.204 e. The van der Waals surface area contributed by atoms with Gasteiger partial charge in [-0.05, 0) is 29.9 Å². The van der Waals surface area contributed by atoms with Crippen LogP contribution in [0.25, 0.3) is 5.57 Å². The third-order valence-corrected chi connectivity index (χ3v) is 10.2. The van der Waals surface area contributed by atoms with E-state index in [2.05, 4.69) is 0 Å². The molecule has 1 aromatic heterocycles. The fourth-order valence-corrected chi connectivity index (χ4v) is 8.26. The molecule has 3 aromatic carbocycles. The van der Waals surface area contributed by atoms with Gasteiger partial charge in [-0.2, -0.15) is 0 Å². The summed E-state index contributed by atoms with van der Waals surface area (Å²) in [5, 5.41) is 15.1. The van der Waals surface area contributed by atoms with Gasteiger partial charge in [0.15, 0.2) is 7.14 Å². The van der Waals surface area contributed by atoms with E-state index in [0.29, 0.717) is 44.8 Å². The van der Waals surface area contributed by atoms with Crippen LogP contribution in [-0.2, 0) is 4.57 Å². The topological polar surface area (TPSA) is 54.4 Å². The minimum absolute atomic E-state index is 0.210. The number of carbonyl (C=O) groups is 1. The van der Waals surface area contributed by atoms with Crippen molar-refractivity contribution in [3.05, 3.63) is 124 Å². The summed E-state index contributed by atoms with van der Waals surface area (Å²) in [5.74, 6) is -0.210. The molecule has 5 rings (SSSR count). The van der Waals surface area contributed by atoms with E-state index in [0.717, 1.165) is 0 Å². The van der Waals surface area contributed by atoms with Crippen LogP contribution in [0, 0.1) is 0 Å². The van der Waals surface area contributed by atoms with E-state index in [4.69, 9.17) is 0 Å². The zero-order chi connectivity index (χ0) is 22.9. The molecule has 164 valence electrons. The van der Waals surface area contributed by atoms with E-state index in [1.54, 1.807) is 6.07 Å². The molecule has 0 radical (unpaired) electrons. The molecule has 1 heterocycles. The normalized spacial score (nSPS) is 15.5. The molecule has 33 heavy (non-hydrogen) atoms. The van der Waals surface area contributed by atoms with Crippen LogP contribution in [0.3, 0.4) is 0 Å². The number of aliphatic hydroxyl groups is 1. The van der Waals surface area contributed by atoms with E-state index >= 15 is 4.57 Å². The van der Waals surface area contributed by atoms with Gasteiger partial charge in [0.25, 0.3) is 0 Å². The predicted molar refractivity (Wildman–Crippen MR) is 136 cm³/mol. The maximum Gasteiger partial charge on any atom is 0.204 e. The van der Waals surface area contributed by atoms with Crippen molar-refractivity contribution >= 4 is 40.4 Å². The first-order valence-electron chi connectivity index (χ1n) is 10.9. The molecule has 5 heteroatoms. The van der Waals surface area contributed by atoms with E-state index in [1.807, 2.05) is 102 Å². The minimum atomic E-state index is -3.56. The van der Waals surface area contributed by atoms with Gasteiger partial charge in [-0.1, -0.05) is 97.1 Å². The Morgan fingerprint density at radius 2 is 1.27 bits per heavy atom. The highest BCUT2D eigenvalue weighted by Gasteiger charge is 2.54. The molecule has 1 aliphatic rings. The highest BCUT2D eigenvalue weighted by molar-refractivity contribution is 7.82. The predicted octanol–water partition coefficient (Wildman–Crippen LogP) is 5.88. The van der Waals surface area contributed by atoms with Gasteiger partial charge < -0.3 is 9.67 Å². The highest BCUT2D eigenvalue weighted by Crippen LogP contribution is 2.64. The summed E-state index contributed by atoms with van der Waals surface area (Å²) >= 11 is 1.35. The molecular weight excluding hydrogens is 447 g/mol. The lowest BCUT2D eigenvalue weighted by atomic mass is 9.98. The Bertz CT molecular complexity index is 1300. The number of Topliss-reactive ketones (excluding diaryl/α,β-unsaturated/α-hetero) is 1. The molecule has 0 saturated heterocycles. The third kappa shape index (κ3) is 3.95. The molecule has 1 aliphatic carbocycles. The first kappa shape index (κ1) is 21.8. The largest absolute Gasteiger partial charge is 0.385 e. The maximum atomic E-state index is 15.3. The number of rotatable bonds is 7. The van der Waals surface area contributed by atoms with Crippen LogP contribution < -0.4 is 10.6 Å². The van der Waals surface area contributed by atoms with Crippen LogP contribution in [0.4, 0.5) is 0 Å². The van der Waals surface area contributed by atoms with Crippen LogP contribution in [0.1, 0.15) is 28.1 Å². The lowest BCUT2D eigenvalue weighted by Gasteiger charge is -2.29.